The van der Waals surface area contributed by atoms with Crippen LogP contribution in [0.4, 0.5) is 17.1 Å². The summed E-state index contributed by atoms with van der Waals surface area (Å²) in [5.41, 5.74) is 4.24. The molecule has 0 saturated carbocycles. The molecular formula is C25H25N3O4S. The molecule has 0 radical (unpaired) electrons. The van der Waals surface area contributed by atoms with Crippen molar-refractivity contribution in [1.29, 1.82) is 0 Å². The van der Waals surface area contributed by atoms with Crippen molar-refractivity contribution >= 4 is 38.9 Å². The molecule has 0 aromatic heterocycles. The Labute approximate surface area is 193 Å². The molecule has 0 fully saturated rings. The highest BCUT2D eigenvalue weighted by Crippen LogP contribution is 2.32. The van der Waals surface area contributed by atoms with Crippen LogP contribution >= 0.6 is 0 Å². The van der Waals surface area contributed by atoms with Crippen molar-refractivity contribution in [2.24, 2.45) is 0 Å². The van der Waals surface area contributed by atoms with Gasteiger partial charge in [-0.05, 0) is 66.4 Å². The zero-order valence-electron chi connectivity index (χ0n) is 18.5. The van der Waals surface area contributed by atoms with E-state index < -0.39 is 10.0 Å². The lowest BCUT2D eigenvalue weighted by Crippen LogP contribution is -2.34. The first kappa shape index (κ1) is 22.5. The summed E-state index contributed by atoms with van der Waals surface area (Å²) in [4.78, 5) is 25.7. The summed E-state index contributed by atoms with van der Waals surface area (Å²) in [7, 11) is -3.83. The topological polar surface area (TPSA) is 95.6 Å². The van der Waals surface area contributed by atoms with Crippen molar-refractivity contribution in [3.63, 3.8) is 0 Å². The van der Waals surface area contributed by atoms with E-state index in [-0.39, 0.29) is 16.7 Å². The third kappa shape index (κ3) is 5.06. The lowest BCUT2D eigenvalue weighted by molar-refractivity contribution is -0.119. The average molecular weight is 464 g/mol. The lowest BCUT2D eigenvalue weighted by Gasteiger charge is -2.30. The summed E-state index contributed by atoms with van der Waals surface area (Å²) in [5.74, 6) is -0.174. The molecule has 1 aliphatic heterocycles. The summed E-state index contributed by atoms with van der Waals surface area (Å²) < 4.78 is 28.7. The van der Waals surface area contributed by atoms with Crippen molar-refractivity contribution in [3.05, 3.63) is 83.4 Å². The van der Waals surface area contributed by atoms with E-state index in [2.05, 4.69) is 10.0 Å². The average Bonchev–Trinajstić information content (AvgIpc) is 2.75. The molecule has 0 bridgehead atoms. The van der Waals surface area contributed by atoms with E-state index in [0.717, 1.165) is 16.8 Å². The van der Waals surface area contributed by atoms with Gasteiger partial charge in [-0.3, -0.25) is 14.3 Å². The summed E-state index contributed by atoms with van der Waals surface area (Å²) in [5, 5.41) is 2.65. The van der Waals surface area contributed by atoms with Crippen LogP contribution in [0.3, 0.4) is 0 Å². The van der Waals surface area contributed by atoms with Gasteiger partial charge in [0.1, 0.15) is 0 Å². The van der Waals surface area contributed by atoms with Crippen LogP contribution in [0.2, 0.25) is 0 Å². The second-order valence-corrected chi connectivity index (χ2v) is 9.73. The van der Waals surface area contributed by atoms with Crippen molar-refractivity contribution in [3.8, 4) is 0 Å². The lowest BCUT2D eigenvalue weighted by atomic mass is 10.00. The summed E-state index contributed by atoms with van der Waals surface area (Å²) in [6.45, 7) is 3.55. The Balaban J connectivity index is 1.58. The largest absolute Gasteiger partial charge is 0.326 e. The molecule has 2 N–H and O–H groups in total. The molecule has 33 heavy (non-hydrogen) atoms. The van der Waals surface area contributed by atoms with Crippen molar-refractivity contribution in [1.82, 2.24) is 0 Å². The van der Waals surface area contributed by atoms with E-state index in [0.29, 0.717) is 36.3 Å². The van der Waals surface area contributed by atoms with Gasteiger partial charge in [-0.1, -0.05) is 30.3 Å². The number of aryl methyl sites for hydroxylation is 2. The maximum absolute atomic E-state index is 13.0. The molecule has 1 aliphatic rings. The number of rotatable bonds is 6. The normalized spacial score (nSPS) is 13.4. The predicted molar refractivity (Wildman–Crippen MR) is 129 cm³/mol. The van der Waals surface area contributed by atoms with E-state index in [9.17, 15) is 18.0 Å². The number of benzene rings is 3. The molecule has 4 rings (SSSR count). The van der Waals surface area contributed by atoms with Crippen LogP contribution < -0.4 is 14.9 Å². The van der Waals surface area contributed by atoms with Crippen LogP contribution in [0, 0.1) is 6.92 Å². The van der Waals surface area contributed by atoms with Crippen LogP contribution in [-0.4, -0.2) is 20.2 Å². The molecule has 0 aliphatic carbocycles. The fraction of sp³-hybridized carbons (Fsp3) is 0.200. The Bertz CT molecular complexity index is 1320. The standard InChI is InChI=1S/C25H25N3O4S/c1-17-14-21(26-18(2)29)10-12-24(17)33(31,32)27-22-9-11-23-20(15-22)8-13-25(30)28(23)16-19-6-4-3-5-7-19/h3-7,9-12,14-15,27H,8,13,16H2,1-2H3,(H,26,29). The molecule has 0 unspecified atom stereocenters. The molecule has 2 amide bonds. The number of amides is 2. The molecule has 8 heteroatoms. The van der Waals surface area contributed by atoms with E-state index in [4.69, 9.17) is 0 Å². The number of fused-ring (bicyclic) bond motifs is 1. The maximum atomic E-state index is 13.0. The first-order valence-electron chi connectivity index (χ1n) is 10.6. The third-order valence-corrected chi connectivity index (χ3v) is 7.04. The zero-order valence-corrected chi connectivity index (χ0v) is 19.3. The monoisotopic (exact) mass is 463 g/mol. The number of carbonyl (C=O) groups excluding carboxylic acids is 2. The first-order chi connectivity index (χ1) is 15.7. The molecule has 0 atom stereocenters. The third-order valence-electron chi connectivity index (χ3n) is 5.50. The van der Waals surface area contributed by atoms with Gasteiger partial charge in [0, 0.05) is 30.4 Å². The Morgan fingerprint density at radius 3 is 2.39 bits per heavy atom. The molecule has 1 heterocycles. The predicted octanol–water partition coefficient (Wildman–Crippen LogP) is 4.23. The fourth-order valence-corrected chi connectivity index (χ4v) is 5.28. The molecular weight excluding hydrogens is 438 g/mol. The smallest absolute Gasteiger partial charge is 0.262 e. The summed E-state index contributed by atoms with van der Waals surface area (Å²) >= 11 is 0. The van der Waals surface area contributed by atoms with Crippen LogP contribution in [0.25, 0.3) is 0 Å². The van der Waals surface area contributed by atoms with Gasteiger partial charge >= 0.3 is 0 Å². The Morgan fingerprint density at radius 2 is 1.70 bits per heavy atom. The van der Waals surface area contributed by atoms with Gasteiger partial charge in [-0.15, -0.1) is 0 Å². The van der Waals surface area contributed by atoms with Gasteiger partial charge < -0.3 is 10.2 Å². The highest BCUT2D eigenvalue weighted by atomic mass is 32.2. The van der Waals surface area contributed by atoms with Gasteiger partial charge in [0.05, 0.1) is 11.4 Å². The van der Waals surface area contributed by atoms with Gasteiger partial charge in [-0.25, -0.2) is 8.42 Å². The van der Waals surface area contributed by atoms with Crippen LogP contribution in [0.1, 0.15) is 30.0 Å². The van der Waals surface area contributed by atoms with Crippen LogP contribution in [0.5, 0.6) is 0 Å². The van der Waals surface area contributed by atoms with Gasteiger partial charge in [0.25, 0.3) is 10.0 Å². The Morgan fingerprint density at radius 1 is 0.970 bits per heavy atom. The van der Waals surface area contributed by atoms with Crippen LogP contribution in [-0.2, 0) is 32.6 Å². The maximum Gasteiger partial charge on any atom is 0.262 e. The molecule has 3 aromatic carbocycles. The highest BCUT2D eigenvalue weighted by Gasteiger charge is 2.25. The quantitative estimate of drug-likeness (QED) is 0.572. The highest BCUT2D eigenvalue weighted by molar-refractivity contribution is 7.92. The van der Waals surface area contributed by atoms with Gasteiger partial charge in [0.2, 0.25) is 11.8 Å². The number of anilines is 3. The van der Waals surface area contributed by atoms with Gasteiger partial charge in [0.15, 0.2) is 0 Å². The fourth-order valence-electron chi connectivity index (χ4n) is 4.00. The minimum absolute atomic E-state index is 0.0505. The van der Waals surface area contributed by atoms with Gasteiger partial charge in [-0.2, -0.15) is 0 Å². The zero-order chi connectivity index (χ0) is 23.6. The van der Waals surface area contributed by atoms with E-state index in [1.807, 2.05) is 30.3 Å². The molecule has 7 nitrogen and oxygen atoms in total. The van der Waals surface area contributed by atoms with E-state index in [1.54, 1.807) is 42.2 Å². The van der Waals surface area contributed by atoms with Crippen molar-refractivity contribution in [2.45, 2.75) is 38.1 Å². The second kappa shape index (κ2) is 9.07. The van der Waals surface area contributed by atoms with Crippen LogP contribution in [0.15, 0.2) is 71.6 Å². The number of nitrogens with zero attached hydrogens (tertiary/aromatic N) is 1. The number of carbonyl (C=O) groups is 2. The number of sulfonamides is 1. The minimum Gasteiger partial charge on any atom is -0.326 e. The summed E-state index contributed by atoms with van der Waals surface area (Å²) in [6.07, 6.45) is 0.930. The SMILES string of the molecule is CC(=O)Nc1ccc(S(=O)(=O)Nc2ccc3c(c2)CCC(=O)N3Cc2ccccc2)c(C)c1. The van der Waals surface area contributed by atoms with E-state index >= 15 is 0 Å². The van der Waals surface area contributed by atoms with Crippen molar-refractivity contribution < 1.29 is 18.0 Å². The minimum atomic E-state index is -3.83. The molecule has 0 saturated heterocycles. The number of nitrogens with one attached hydrogen (secondary N) is 2. The Kier molecular flexibility index (Phi) is 6.20. The second-order valence-electron chi connectivity index (χ2n) is 8.08. The Hall–Kier alpha value is -3.65. The molecule has 3 aromatic rings. The molecule has 0 spiro atoms. The molecule has 170 valence electrons. The number of hydrogen-bond donors (Lipinski definition) is 2. The number of hydrogen-bond acceptors (Lipinski definition) is 4. The van der Waals surface area contributed by atoms with E-state index in [1.165, 1.54) is 13.0 Å². The summed E-state index contributed by atoms with van der Waals surface area (Å²) in [6, 6.07) is 19.7. The first-order valence-corrected chi connectivity index (χ1v) is 12.1. The van der Waals surface area contributed by atoms with Crippen molar-refractivity contribution in [2.75, 3.05) is 14.9 Å².